The van der Waals surface area contributed by atoms with Gasteiger partial charge in [-0.1, -0.05) is 42.5 Å². The van der Waals surface area contributed by atoms with Gasteiger partial charge in [-0.2, -0.15) is 0 Å². The van der Waals surface area contributed by atoms with Crippen molar-refractivity contribution >= 4 is 44.7 Å². The van der Waals surface area contributed by atoms with Gasteiger partial charge in [0.25, 0.3) is 0 Å². The molecular weight excluding hydrogens is 332 g/mol. The van der Waals surface area contributed by atoms with E-state index in [9.17, 15) is 0 Å². The first kappa shape index (κ1) is 15.2. The Hall–Kier alpha value is -2.30. The van der Waals surface area contributed by atoms with Crippen LogP contribution < -0.4 is 5.32 Å². The van der Waals surface area contributed by atoms with E-state index in [4.69, 9.17) is 4.98 Å². The Kier molecular flexibility index (Phi) is 4.24. The van der Waals surface area contributed by atoms with E-state index in [0.29, 0.717) is 0 Å². The number of nitrogens with one attached hydrogen (secondary N) is 1. The van der Waals surface area contributed by atoms with Crippen LogP contribution in [0, 0.1) is 0 Å². The van der Waals surface area contributed by atoms with Gasteiger partial charge in [0.1, 0.15) is 0 Å². The van der Waals surface area contributed by atoms with E-state index in [1.807, 2.05) is 0 Å². The summed E-state index contributed by atoms with van der Waals surface area (Å²) in [6.45, 7) is 0. The Balaban J connectivity index is 1.61. The van der Waals surface area contributed by atoms with Crippen molar-refractivity contribution in [2.24, 2.45) is 0 Å². The lowest BCUT2D eigenvalue weighted by Crippen LogP contribution is -1.89. The zero-order chi connectivity index (χ0) is 16.4. The molecule has 1 heterocycles. The van der Waals surface area contributed by atoms with Crippen molar-refractivity contribution in [3.05, 3.63) is 72.1 Å². The molecule has 0 aliphatic carbocycles. The average Bonchev–Trinajstić information content (AvgIpc) is 3.10. The van der Waals surface area contributed by atoms with E-state index in [2.05, 4.69) is 83.7 Å². The second-order valence-corrected chi connectivity index (χ2v) is 7.19. The fourth-order valence-corrected chi connectivity index (χ4v) is 3.84. The van der Waals surface area contributed by atoms with Crippen LogP contribution in [0.5, 0.6) is 0 Å². The standard InChI is InChI=1S/C20H16N2S2/c1-23-18-8-4-7-17(12-18)21-20-22-19(13-24-20)16-10-9-14-5-2-3-6-15(14)11-16/h2-13H,1H3,(H,21,22). The second kappa shape index (κ2) is 6.67. The highest BCUT2D eigenvalue weighted by Crippen LogP contribution is 2.30. The number of nitrogens with zero attached hydrogens (tertiary/aromatic N) is 1. The molecule has 0 saturated carbocycles. The minimum Gasteiger partial charge on any atom is -0.332 e. The van der Waals surface area contributed by atoms with Crippen LogP contribution in [-0.4, -0.2) is 11.2 Å². The molecule has 4 aromatic rings. The lowest BCUT2D eigenvalue weighted by Gasteiger charge is -2.04. The van der Waals surface area contributed by atoms with Crippen LogP contribution in [0.25, 0.3) is 22.0 Å². The zero-order valence-corrected chi connectivity index (χ0v) is 14.8. The molecule has 4 heteroatoms. The van der Waals surface area contributed by atoms with Gasteiger partial charge in [0.15, 0.2) is 5.13 Å². The minimum absolute atomic E-state index is 0.913. The molecule has 0 amide bonds. The van der Waals surface area contributed by atoms with E-state index < -0.39 is 0 Å². The van der Waals surface area contributed by atoms with Gasteiger partial charge >= 0.3 is 0 Å². The van der Waals surface area contributed by atoms with Gasteiger partial charge in [-0.05, 0) is 41.3 Å². The highest BCUT2D eigenvalue weighted by molar-refractivity contribution is 7.98. The predicted octanol–water partition coefficient (Wildman–Crippen LogP) is 6.43. The molecule has 0 unspecified atom stereocenters. The fraction of sp³-hybridized carbons (Fsp3) is 0.0500. The van der Waals surface area contributed by atoms with Crippen LogP contribution in [0.2, 0.25) is 0 Å². The third kappa shape index (κ3) is 3.16. The van der Waals surface area contributed by atoms with Gasteiger partial charge in [-0.15, -0.1) is 23.1 Å². The third-order valence-electron chi connectivity index (χ3n) is 3.87. The Morgan fingerprint density at radius 3 is 2.67 bits per heavy atom. The zero-order valence-electron chi connectivity index (χ0n) is 13.2. The van der Waals surface area contributed by atoms with Crippen molar-refractivity contribution in [1.29, 1.82) is 0 Å². The predicted molar refractivity (Wildman–Crippen MR) is 107 cm³/mol. The number of benzene rings is 3. The molecule has 2 nitrogen and oxygen atoms in total. The summed E-state index contributed by atoms with van der Waals surface area (Å²) in [4.78, 5) is 5.98. The van der Waals surface area contributed by atoms with Gasteiger partial charge in [-0.25, -0.2) is 4.98 Å². The summed E-state index contributed by atoms with van der Waals surface area (Å²) in [6.07, 6.45) is 2.08. The molecule has 3 aromatic carbocycles. The SMILES string of the molecule is CSc1cccc(Nc2nc(-c3ccc4ccccc4c3)cs2)c1. The molecule has 4 rings (SSSR count). The number of rotatable bonds is 4. The van der Waals surface area contributed by atoms with Gasteiger partial charge in [-0.3, -0.25) is 0 Å². The number of fused-ring (bicyclic) bond motifs is 1. The average molecular weight is 348 g/mol. The van der Waals surface area contributed by atoms with Gasteiger partial charge in [0, 0.05) is 21.5 Å². The summed E-state index contributed by atoms with van der Waals surface area (Å²) in [7, 11) is 0. The van der Waals surface area contributed by atoms with E-state index in [-0.39, 0.29) is 0 Å². The van der Waals surface area contributed by atoms with Crippen LogP contribution in [0.1, 0.15) is 0 Å². The maximum absolute atomic E-state index is 4.74. The van der Waals surface area contributed by atoms with E-state index >= 15 is 0 Å². The van der Waals surface area contributed by atoms with Crippen LogP contribution in [0.4, 0.5) is 10.8 Å². The van der Waals surface area contributed by atoms with Crippen molar-refractivity contribution in [3.63, 3.8) is 0 Å². The largest absolute Gasteiger partial charge is 0.332 e. The van der Waals surface area contributed by atoms with Crippen LogP contribution in [0.3, 0.4) is 0 Å². The van der Waals surface area contributed by atoms with Crippen molar-refractivity contribution in [2.75, 3.05) is 11.6 Å². The lowest BCUT2D eigenvalue weighted by molar-refractivity contribution is 1.37. The normalized spacial score (nSPS) is 10.9. The summed E-state index contributed by atoms with van der Waals surface area (Å²) in [5, 5.41) is 8.91. The van der Waals surface area contributed by atoms with Crippen molar-refractivity contribution in [1.82, 2.24) is 4.98 Å². The number of thiazole rings is 1. The molecule has 0 fully saturated rings. The maximum atomic E-state index is 4.74. The monoisotopic (exact) mass is 348 g/mol. The molecule has 0 aliphatic rings. The Labute approximate surface area is 149 Å². The summed E-state index contributed by atoms with van der Waals surface area (Å²) in [5.41, 5.74) is 3.23. The highest BCUT2D eigenvalue weighted by Gasteiger charge is 2.06. The Bertz CT molecular complexity index is 992. The third-order valence-corrected chi connectivity index (χ3v) is 5.35. The molecule has 118 valence electrons. The molecular formula is C20H16N2S2. The molecule has 0 radical (unpaired) electrons. The van der Waals surface area contributed by atoms with Gasteiger partial charge in [0.05, 0.1) is 5.69 Å². The van der Waals surface area contributed by atoms with Crippen molar-refractivity contribution < 1.29 is 0 Å². The topological polar surface area (TPSA) is 24.9 Å². The Morgan fingerprint density at radius 2 is 1.79 bits per heavy atom. The number of thioether (sulfide) groups is 1. The lowest BCUT2D eigenvalue weighted by atomic mass is 10.1. The molecule has 0 saturated heterocycles. The number of anilines is 2. The quantitative estimate of drug-likeness (QED) is 0.430. The van der Waals surface area contributed by atoms with Crippen LogP contribution in [-0.2, 0) is 0 Å². The maximum Gasteiger partial charge on any atom is 0.187 e. The van der Waals surface area contributed by atoms with Crippen LogP contribution >= 0.6 is 23.1 Å². The summed E-state index contributed by atoms with van der Waals surface area (Å²) >= 11 is 3.37. The molecule has 0 bridgehead atoms. The van der Waals surface area contributed by atoms with Gasteiger partial charge < -0.3 is 5.32 Å². The molecule has 0 aliphatic heterocycles. The van der Waals surface area contributed by atoms with E-state index in [1.165, 1.54) is 15.7 Å². The number of hydrogen-bond acceptors (Lipinski definition) is 4. The molecule has 0 spiro atoms. The fourth-order valence-electron chi connectivity index (χ4n) is 2.64. The van der Waals surface area contributed by atoms with E-state index in [0.717, 1.165) is 22.1 Å². The molecule has 1 N–H and O–H groups in total. The highest BCUT2D eigenvalue weighted by atomic mass is 32.2. The molecule has 1 aromatic heterocycles. The first-order valence-corrected chi connectivity index (χ1v) is 9.78. The molecule has 24 heavy (non-hydrogen) atoms. The van der Waals surface area contributed by atoms with E-state index in [1.54, 1.807) is 23.1 Å². The van der Waals surface area contributed by atoms with Gasteiger partial charge in [0.2, 0.25) is 0 Å². The first-order chi connectivity index (χ1) is 11.8. The smallest absolute Gasteiger partial charge is 0.187 e. The minimum atomic E-state index is 0.913. The number of aromatic nitrogens is 1. The van der Waals surface area contributed by atoms with Crippen molar-refractivity contribution in [3.8, 4) is 11.3 Å². The second-order valence-electron chi connectivity index (χ2n) is 5.46. The summed E-state index contributed by atoms with van der Waals surface area (Å²) < 4.78 is 0. The molecule has 0 atom stereocenters. The summed E-state index contributed by atoms with van der Waals surface area (Å²) in [5.74, 6) is 0. The first-order valence-electron chi connectivity index (χ1n) is 7.67. The summed E-state index contributed by atoms with van der Waals surface area (Å²) in [6, 6.07) is 23.3. The van der Waals surface area contributed by atoms with Crippen LogP contribution in [0.15, 0.2) is 77.0 Å². The van der Waals surface area contributed by atoms with Crippen molar-refractivity contribution in [2.45, 2.75) is 4.90 Å². The Morgan fingerprint density at radius 1 is 0.917 bits per heavy atom. The number of hydrogen-bond donors (Lipinski definition) is 1.